The fraction of sp³-hybridized carbons (Fsp3) is 0.278. The van der Waals surface area contributed by atoms with Crippen LogP contribution in [0.3, 0.4) is 0 Å². The molecule has 0 aliphatic carbocycles. The van der Waals surface area contributed by atoms with E-state index in [0.717, 1.165) is 28.1 Å². The average molecular weight is 299 g/mol. The molecule has 4 nitrogen and oxygen atoms in total. The van der Waals surface area contributed by atoms with E-state index in [0.29, 0.717) is 11.3 Å². The Morgan fingerprint density at radius 1 is 0.909 bits per heavy atom. The van der Waals surface area contributed by atoms with Crippen molar-refractivity contribution in [2.45, 2.75) is 20.8 Å². The molecule has 4 heteroatoms. The normalized spacial score (nSPS) is 10.2. The highest BCUT2D eigenvalue weighted by Crippen LogP contribution is 2.28. The largest absolute Gasteiger partial charge is 0.496 e. The maximum atomic E-state index is 12.6. The minimum atomic E-state index is -0.178. The Bertz CT molecular complexity index is 708. The topological polar surface area (TPSA) is 47.6 Å². The molecule has 0 heterocycles. The summed E-state index contributed by atoms with van der Waals surface area (Å²) in [6.07, 6.45) is 0. The fourth-order valence-electron chi connectivity index (χ4n) is 2.43. The summed E-state index contributed by atoms with van der Waals surface area (Å²) in [4.78, 5) is 12.6. The molecule has 2 rings (SSSR count). The Labute approximate surface area is 131 Å². The smallest absolute Gasteiger partial charge is 0.259 e. The van der Waals surface area contributed by atoms with Gasteiger partial charge in [-0.2, -0.15) is 0 Å². The minimum Gasteiger partial charge on any atom is -0.496 e. The number of amides is 1. The van der Waals surface area contributed by atoms with Crippen LogP contribution < -0.4 is 14.8 Å². The average Bonchev–Trinajstić information content (AvgIpc) is 2.49. The van der Waals surface area contributed by atoms with Crippen LogP contribution in [0.4, 0.5) is 5.69 Å². The molecule has 0 aromatic heterocycles. The molecule has 0 saturated carbocycles. The van der Waals surface area contributed by atoms with Gasteiger partial charge in [0.15, 0.2) is 0 Å². The number of ether oxygens (including phenoxy) is 2. The third-order valence-electron chi connectivity index (χ3n) is 3.67. The van der Waals surface area contributed by atoms with Gasteiger partial charge in [0.1, 0.15) is 11.5 Å². The molecule has 2 aromatic carbocycles. The maximum Gasteiger partial charge on any atom is 0.259 e. The van der Waals surface area contributed by atoms with Crippen molar-refractivity contribution in [1.29, 1.82) is 0 Å². The van der Waals surface area contributed by atoms with E-state index in [1.807, 2.05) is 45.0 Å². The van der Waals surface area contributed by atoms with E-state index in [-0.39, 0.29) is 5.91 Å². The molecular formula is C18H21NO3. The Morgan fingerprint density at radius 2 is 1.59 bits per heavy atom. The zero-order valence-electron chi connectivity index (χ0n) is 13.6. The van der Waals surface area contributed by atoms with Crippen molar-refractivity contribution in [3.05, 3.63) is 52.6 Å². The monoisotopic (exact) mass is 299 g/mol. The van der Waals surface area contributed by atoms with E-state index >= 15 is 0 Å². The lowest BCUT2D eigenvalue weighted by atomic mass is 10.1. The number of hydrogen-bond acceptors (Lipinski definition) is 3. The van der Waals surface area contributed by atoms with Gasteiger partial charge in [0.2, 0.25) is 0 Å². The van der Waals surface area contributed by atoms with Crippen molar-refractivity contribution < 1.29 is 14.3 Å². The second-order valence-corrected chi connectivity index (χ2v) is 5.24. The summed E-state index contributed by atoms with van der Waals surface area (Å²) >= 11 is 0. The second kappa shape index (κ2) is 6.52. The number of anilines is 1. The van der Waals surface area contributed by atoms with E-state index < -0.39 is 0 Å². The molecule has 22 heavy (non-hydrogen) atoms. The fourth-order valence-corrected chi connectivity index (χ4v) is 2.43. The zero-order valence-corrected chi connectivity index (χ0v) is 13.6. The van der Waals surface area contributed by atoms with Crippen LogP contribution in [0, 0.1) is 20.8 Å². The van der Waals surface area contributed by atoms with Crippen LogP contribution in [-0.2, 0) is 0 Å². The van der Waals surface area contributed by atoms with Gasteiger partial charge in [0.25, 0.3) is 5.91 Å². The predicted octanol–water partition coefficient (Wildman–Crippen LogP) is 3.88. The van der Waals surface area contributed by atoms with Crippen molar-refractivity contribution >= 4 is 11.6 Å². The van der Waals surface area contributed by atoms with Gasteiger partial charge in [-0.3, -0.25) is 4.79 Å². The summed E-state index contributed by atoms with van der Waals surface area (Å²) in [5.41, 5.74) is 4.12. The number of benzene rings is 2. The molecule has 2 aromatic rings. The highest BCUT2D eigenvalue weighted by atomic mass is 16.5. The standard InChI is InChI=1S/C18H21NO3/c1-11-7-6-8-15(21-4)17(11)18(20)19-14-9-13(3)16(22-5)10-12(14)2/h6-10H,1-5H3,(H,19,20). The highest BCUT2D eigenvalue weighted by molar-refractivity contribution is 6.07. The Balaban J connectivity index is 2.36. The molecule has 1 amide bonds. The highest BCUT2D eigenvalue weighted by Gasteiger charge is 2.16. The summed E-state index contributed by atoms with van der Waals surface area (Å²) in [5, 5.41) is 2.96. The third-order valence-corrected chi connectivity index (χ3v) is 3.67. The third kappa shape index (κ3) is 3.06. The first-order valence-electron chi connectivity index (χ1n) is 7.08. The van der Waals surface area contributed by atoms with Gasteiger partial charge in [-0.05, 0) is 55.7 Å². The molecule has 0 unspecified atom stereocenters. The number of nitrogens with one attached hydrogen (secondary N) is 1. The van der Waals surface area contributed by atoms with Gasteiger partial charge < -0.3 is 14.8 Å². The first-order chi connectivity index (χ1) is 10.5. The Kier molecular flexibility index (Phi) is 4.71. The lowest BCUT2D eigenvalue weighted by Gasteiger charge is -2.15. The van der Waals surface area contributed by atoms with E-state index in [2.05, 4.69) is 5.32 Å². The summed E-state index contributed by atoms with van der Waals surface area (Å²) in [7, 11) is 3.20. The molecule has 0 aliphatic heterocycles. The molecule has 1 N–H and O–H groups in total. The van der Waals surface area contributed by atoms with Crippen molar-refractivity contribution in [2.75, 3.05) is 19.5 Å². The van der Waals surface area contributed by atoms with Crippen LogP contribution in [0.1, 0.15) is 27.0 Å². The maximum absolute atomic E-state index is 12.6. The molecule has 0 bridgehead atoms. The number of methoxy groups -OCH3 is 2. The van der Waals surface area contributed by atoms with Crippen LogP contribution >= 0.6 is 0 Å². The molecule has 0 spiro atoms. The molecule has 116 valence electrons. The number of aryl methyl sites for hydroxylation is 3. The quantitative estimate of drug-likeness (QED) is 0.932. The van der Waals surface area contributed by atoms with Crippen LogP contribution in [0.25, 0.3) is 0 Å². The molecule has 0 aliphatic rings. The first kappa shape index (κ1) is 15.9. The number of carbonyl (C=O) groups excluding carboxylic acids is 1. The van der Waals surface area contributed by atoms with Gasteiger partial charge in [0.05, 0.1) is 19.8 Å². The zero-order chi connectivity index (χ0) is 16.3. The minimum absolute atomic E-state index is 0.178. The van der Waals surface area contributed by atoms with Crippen molar-refractivity contribution in [3.8, 4) is 11.5 Å². The molecule has 0 fully saturated rings. The van der Waals surface area contributed by atoms with Gasteiger partial charge in [-0.15, -0.1) is 0 Å². The molecule has 0 atom stereocenters. The first-order valence-corrected chi connectivity index (χ1v) is 7.08. The predicted molar refractivity (Wildman–Crippen MR) is 88.2 cm³/mol. The molecular weight excluding hydrogens is 278 g/mol. The lowest BCUT2D eigenvalue weighted by Crippen LogP contribution is -2.15. The van der Waals surface area contributed by atoms with E-state index in [1.165, 1.54) is 0 Å². The number of hydrogen-bond donors (Lipinski definition) is 1. The van der Waals surface area contributed by atoms with Crippen LogP contribution in [0.2, 0.25) is 0 Å². The van der Waals surface area contributed by atoms with E-state index in [1.54, 1.807) is 20.3 Å². The number of rotatable bonds is 4. The van der Waals surface area contributed by atoms with E-state index in [9.17, 15) is 4.79 Å². The summed E-state index contributed by atoms with van der Waals surface area (Å²) in [6, 6.07) is 9.38. The van der Waals surface area contributed by atoms with Crippen molar-refractivity contribution in [3.63, 3.8) is 0 Å². The SMILES string of the molecule is COc1cc(C)c(NC(=O)c2c(C)cccc2OC)cc1C. The van der Waals surface area contributed by atoms with E-state index in [4.69, 9.17) is 9.47 Å². The summed E-state index contributed by atoms with van der Waals surface area (Å²) < 4.78 is 10.6. The molecule has 0 saturated heterocycles. The Morgan fingerprint density at radius 3 is 2.23 bits per heavy atom. The van der Waals surface area contributed by atoms with Crippen molar-refractivity contribution in [2.24, 2.45) is 0 Å². The van der Waals surface area contributed by atoms with Crippen LogP contribution in [0.5, 0.6) is 11.5 Å². The summed E-state index contributed by atoms with van der Waals surface area (Å²) in [6.45, 7) is 5.78. The van der Waals surface area contributed by atoms with Gasteiger partial charge in [0, 0.05) is 5.69 Å². The Hall–Kier alpha value is -2.49. The van der Waals surface area contributed by atoms with Crippen LogP contribution in [0.15, 0.2) is 30.3 Å². The number of carbonyl (C=O) groups is 1. The van der Waals surface area contributed by atoms with Gasteiger partial charge in [-0.1, -0.05) is 12.1 Å². The van der Waals surface area contributed by atoms with Gasteiger partial charge >= 0.3 is 0 Å². The molecule has 0 radical (unpaired) electrons. The van der Waals surface area contributed by atoms with Gasteiger partial charge in [-0.25, -0.2) is 0 Å². The lowest BCUT2D eigenvalue weighted by molar-refractivity contribution is 0.102. The second-order valence-electron chi connectivity index (χ2n) is 5.24. The van der Waals surface area contributed by atoms with Crippen molar-refractivity contribution in [1.82, 2.24) is 0 Å². The summed E-state index contributed by atoms with van der Waals surface area (Å²) in [5.74, 6) is 1.20. The van der Waals surface area contributed by atoms with Crippen LogP contribution in [-0.4, -0.2) is 20.1 Å².